The standard InChI is InChI=1S/C20H26N2O5S/c1-15(20(23)21-14-13-16-5-9-18(26-3)10-6-16)27-19-11-7-17(8-12-19)22(2)28(4,24)25/h5-12,15H,13-14H2,1-4H3,(H,21,23). The molecule has 2 aromatic rings. The molecule has 7 nitrogen and oxygen atoms in total. The van der Waals surface area contributed by atoms with Gasteiger partial charge in [0, 0.05) is 13.6 Å². The van der Waals surface area contributed by atoms with Gasteiger partial charge in [0.1, 0.15) is 11.5 Å². The van der Waals surface area contributed by atoms with Gasteiger partial charge in [0.05, 0.1) is 19.1 Å². The minimum Gasteiger partial charge on any atom is -0.497 e. The Bertz CT molecular complexity index is 880. The Labute approximate surface area is 166 Å². The van der Waals surface area contributed by atoms with Crippen molar-refractivity contribution in [3.63, 3.8) is 0 Å². The van der Waals surface area contributed by atoms with Crippen molar-refractivity contribution >= 4 is 21.6 Å². The molecule has 0 aromatic heterocycles. The Morgan fingerprint density at radius 3 is 2.18 bits per heavy atom. The molecule has 0 saturated heterocycles. The average Bonchev–Trinajstić information content (AvgIpc) is 2.67. The molecule has 0 fully saturated rings. The van der Waals surface area contributed by atoms with Crippen molar-refractivity contribution in [1.82, 2.24) is 5.32 Å². The molecule has 0 aliphatic rings. The number of nitrogens with zero attached hydrogens (tertiary/aromatic N) is 1. The number of nitrogens with one attached hydrogen (secondary N) is 1. The normalized spacial score (nSPS) is 12.1. The maximum atomic E-state index is 12.2. The summed E-state index contributed by atoms with van der Waals surface area (Å²) in [4.78, 5) is 12.2. The summed E-state index contributed by atoms with van der Waals surface area (Å²) in [6.07, 6.45) is 1.17. The number of benzene rings is 2. The van der Waals surface area contributed by atoms with Gasteiger partial charge < -0.3 is 14.8 Å². The molecule has 8 heteroatoms. The van der Waals surface area contributed by atoms with Gasteiger partial charge in [-0.1, -0.05) is 12.1 Å². The van der Waals surface area contributed by atoms with Gasteiger partial charge in [-0.15, -0.1) is 0 Å². The zero-order valence-electron chi connectivity index (χ0n) is 16.5. The SMILES string of the molecule is COc1ccc(CCNC(=O)C(C)Oc2ccc(N(C)S(C)(=O)=O)cc2)cc1. The maximum Gasteiger partial charge on any atom is 0.260 e. The summed E-state index contributed by atoms with van der Waals surface area (Å²) < 4.78 is 35.0. The van der Waals surface area contributed by atoms with Gasteiger partial charge in [-0.25, -0.2) is 8.42 Å². The highest BCUT2D eigenvalue weighted by Crippen LogP contribution is 2.21. The number of hydrogen-bond acceptors (Lipinski definition) is 5. The van der Waals surface area contributed by atoms with Crippen LogP contribution in [0.15, 0.2) is 48.5 Å². The molecular weight excluding hydrogens is 380 g/mol. The van der Waals surface area contributed by atoms with Crippen LogP contribution in [-0.4, -0.2) is 47.4 Å². The largest absolute Gasteiger partial charge is 0.497 e. The van der Waals surface area contributed by atoms with Gasteiger partial charge in [-0.05, 0) is 55.3 Å². The van der Waals surface area contributed by atoms with Crippen molar-refractivity contribution in [2.75, 3.05) is 31.3 Å². The molecule has 0 radical (unpaired) electrons. The van der Waals surface area contributed by atoms with Crippen molar-refractivity contribution in [1.29, 1.82) is 0 Å². The Hall–Kier alpha value is -2.74. The minimum atomic E-state index is -3.32. The first-order chi connectivity index (χ1) is 13.2. The van der Waals surface area contributed by atoms with E-state index in [0.717, 1.165) is 17.6 Å². The van der Waals surface area contributed by atoms with Crippen LogP contribution in [-0.2, 0) is 21.2 Å². The lowest BCUT2D eigenvalue weighted by Crippen LogP contribution is -2.37. The fourth-order valence-electron chi connectivity index (χ4n) is 2.45. The topological polar surface area (TPSA) is 84.9 Å². The number of carbonyl (C=O) groups excluding carboxylic acids is 1. The van der Waals surface area contributed by atoms with Crippen LogP contribution in [0.2, 0.25) is 0 Å². The summed E-state index contributed by atoms with van der Waals surface area (Å²) in [7, 11) is -0.226. The average molecular weight is 407 g/mol. The number of rotatable bonds is 9. The number of anilines is 1. The van der Waals surface area contributed by atoms with Gasteiger partial charge in [-0.3, -0.25) is 9.10 Å². The van der Waals surface area contributed by atoms with E-state index in [1.165, 1.54) is 11.4 Å². The second-order valence-corrected chi connectivity index (χ2v) is 8.39. The van der Waals surface area contributed by atoms with E-state index in [1.807, 2.05) is 24.3 Å². The highest BCUT2D eigenvalue weighted by molar-refractivity contribution is 7.92. The molecule has 1 N–H and O–H groups in total. The van der Waals surface area contributed by atoms with Crippen molar-refractivity contribution in [2.45, 2.75) is 19.4 Å². The fourth-order valence-corrected chi connectivity index (χ4v) is 2.95. The van der Waals surface area contributed by atoms with Crippen LogP contribution in [0, 0.1) is 0 Å². The van der Waals surface area contributed by atoms with Crippen LogP contribution in [0.25, 0.3) is 0 Å². The zero-order valence-corrected chi connectivity index (χ0v) is 17.3. The molecule has 0 aliphatic heterocycles. The number of hydrogen-bond donors (Lipinski definition) is 1. The number of sulfonamides is 1. The van der Waals surface area contributed by atoms with Gasteiger partial charge in [0.15, 0.2) is 6.10 Å². The van der Waals surface area contributed by atoms with Crippen LogP contribution in [0.3, 0.4) is 0 Å². The van der Waals surface area contributed by atoms with E-state index in [4.69, 9.17) is 9.47 Å². The van der Waals surface area contributed by atoms with E-state index in [-0.39, 0.29) is 5.91 Å². The molecule has 0 heterocycles. The van der Waals surface area contributed by atoms with Crippen molar-refractivity contribution < 1.29 is 22.7 Å². The van der Waals surface area contributed by atoms with Gasteiger partial charge in [-0.2, -0.15) is 0 Å². The Morgan fingerprint density at radius 1 is 1.07 bits per heavy atom. The van der Waals surface area contributed by atoms with E-state index in [9.17, 15) is 13.2 Å². The third kappa shape index (κ3) is 6.16. The van der Waals surface area contributed by atoms with Crippen LogP contribution >= 0.6 is 0 Å². The van der Waals surface area contributed by atoms with E-state index >= 15 is 0 Å². The number of ether oxygens (including phenoxy) is 2. The summed E-state index contributed by atoms with van der Waals surface area (Å²) in [5.41, 5.74) is 1.62. The quantitative estimate of drug-likeness (QED) is 0.690. The number of amides is 1. The molecule has 1 amide bonds. The molecule has 152 valence electrons. The second kappa shape index (κ2) is 9.45. The summed E-state index contributed by atoms with van der Waals surface area (Å²) in [6, 6.07) is 14.2. The van der Waals surface area contributed by atoms with E-state index in [1.54, 1.807) is 38.3 Å². The molecule has 1 atom stereocenters. The van der Waals surface area contributed by atoms with Crippen molar-refractivity contribution in [3.8, 4) is 11.5 Å². The molecule has 0 aliphatic carbocycles. The third-order valence-corrected chi connectivity index (χ3v) is 5.46. The number of methoxy groups -OCH3 is 1. The summed E-state index contributed by atoms with van der Waals surface area (Å²) in [5.74, 6) is 1.07. The van der Waals surface area contributed by atoms with E-state index in [2.05, 4.69) is 5.32 Å². The lowest BCUT2D eigenvalue weighted by molar-refractivity contribution is -0.127. The summed E-state index contributed by atoms with van der Waals surface area (Å²) in [6.45, 7) is 2.16. The highest BCUT2D eigenvalue weighted by Gasteiger charge is 2.15. The van der Waals surface area contributed by atoms with Crippen LogP contribution < -0.4 is 19.1 Å². The Kier molecular flexibility index (Phi) is 7.28. The third-order valence-electron chi connectivity index (χ3n) is 4.25. The maximum absolute atomic E-state index is 12.2. The molecule has 2 rings (SSSR count). The Morgan fingerprint density at radius 2 is 1.64 bits per heavy atom. The predicted octanol–water partition coefficient (Wildman–Crippen LogP) is 2.22. The predicted molar refractivity (Wildman–Crippen MR) is 109 cm³/mol. The van der Waals surface area contributed by atoms with Gasteiger partial charge >= 0.3 is 0 Å². The molecule has 0 bridgehead atoms. The molecule has 0 saturated carbocycles. The summed E-state index contributed by atoms with van der Waals surface area (Å²) >= 11 is 0. The first-order valence-corrected chi connectivity index (χ1v) is 10.7. The first-order valence-electron chi connectivity index (χ1n) is 8.82. The molecule has 2 aromatic carbocycles. The smallest absolute Gasteiger partial charge is 0.260 e. The second-order valence-electron chi connectivity index (χ2n) is 6.37. The van der Waals surface area contributed by atoms with Gasteiger partial charge in [0.2, 0.25) is 10.0 Å². The van der Waals surface area contributed by atoms with Crippen molar-refractivity contribution in [2.24, 2.45) is 0 Å². The van der Waals surface area contributed by atoms with Crippen LogP contribution in [0.1, 0.15) is 12.5 Å². The Balaban J connectivity index is 1.82. The van der Waals surface area contributed by atoms with E-state index in [0.29, 0.717) is 24.4 Å². The van der Waals surface area contributed by atoms with Crippen LogP contribution in [0.5, 0.6) is 11.5 Å². The van der Waals surface area contributed by atoms with E-state index < -0.39 is 16.1 Å². The van der Waals surface area contributed by atoms with Crippen molar-refractivity contribution in [3.05, 3.63) is 54.1 Å². The monoisotopic (exact) mass is 406 g/mol. The highest BCUT2D eigenvalue weighted by atomic mass is 32.2. The molecule has 28 heavy (non-hydrogen) atoms. The minimum absolute atomic E-state index is 0.217. The summed E-state index contributed by atoms with van der Waals surface area (Å²) in [5, 5.41) is 2.85. The lowest BCUT2D eigenvalue weighted by atomic mass is 10.1. The van der Waals surface area contributed by atoms with Gasteiger partial charge in [0.25, 0.3) is 5.91 Å². The molecular formula is C20H26N2O5S. The molecule has 1 unspecified atom stereocenters. The molecule has 0 spiro atoms. The van der Waals surface area contributed by atoms with Crippen LogP contribution in [0.4, 0.5) is 5.69 Å². The lowest BCUT2D eigenvalue weighted by Gasteiger charge is -2.18. The number of carbonyl (C=O) groups is 1. The fraction of sp³-hybridized carbons (Fsp3) is 0.350. The zero-order chi connectivity index (χ0) is 20.7. The first kappa shape index (κ1) is 21.6.